The number of carbonyl (C=O) groups is 1. The van der Waals surface area contributed by atoms with Crippen LogP contribution in [0.1, 0.15) is 20.3 Å². The molecule has 0 aromatic heterocycles. The fourth-order valence-electron chi connectivity index (χ4n) is 1.23. The van der Waals surface area contributed by atoms with E-state index in [9.17, 15) is 13.2 Å². The second-order valence-corrected chi connectivity index (χ2v) is 6.59. The molecule has 96 valence electrons. The van der Waals surface area contributed by atoms with Gasteiger partial charge in [0.25, 0.3) is 0 Å². The molecule has 16 heavy (non-hydrogen) atoms. The van der Waals surface area contributed by atoms with E-state index in [0.29, 0.717) is 6.42 Å². The number of carbonyl (C=O) groups excluding carboxylic acids is 1. The van der Waals surface area contributed by atoms with Gasteiger partial charge < -0.3 is 4.90 Å². The Kier molecular flexibility index (Phi) is 6.28. The summed E-state index contributed by atoms with van der Waals surface area (Å²) in [7, 11) is -0.399. The highest BCUT2D eigenvalue weighted by molar-refractivity contribution is 7.90. The summed E-state index contributed by atoms with van der Waals surface area (Å²) >= 11 is 5.28. The van der Waals surface area contributed by atoms with Gasteiger partial charge in [-0.05, 0) is 12.3 Å². The van der Waals surface area contributed by atoms with Gasteiger partial charge in [-0.1, -0.05) is 13.8 Å². The number of hydrogen-bond acceptors (Lipinski definition) is 3. The molecule has 0 rings (SSSR count). The highest BCUT2D eigenvalue weighted by Gasteiger charge is 2.25. The molecule has 1 unspecified atom stereocenters. The average molecular weight is 271 g/mol. The molecule has 0 fully saturated rings. The van der Waals surface area contributed by atoms with Crippen LogP contribution in [0, 0.1) is 5.92 Å². The van der Waals surface area contributed by atoms with Gasteiger partial charge in [-0.25, -0.2) is 13.1 Å². The van der Waals surface area contributed by atoms with Gasteiger partial charge in [0.15, 0.2) is 0 Å². The predicted octanol–water partition coefficient (Wildman–Crippen LogP) is 0.605. The van der Waals surface area contributed by atoms with Gasteiger partial charge in [0, 0.05) is 14.1 Å². The number of amides is 1. The van der Waals surface area contributed by atoms with Crippen molar-refractivity contribution in [2.75, 3.05) is 19.3 Å². The van der Waals surface area contributed by atoms with Crippen LogP contribution in [0.2, 0.25) is 0 Å². The molecule has 0 saturated carbocycles. The summed E-state index contributed by atoms with van der Waals surface area (Å²) in [6.45, 7) is 3.84. The fraction of sp³-hybridized carbons (Fsp3) is 0.889. The third-order valence-corrected chi connectivity index (χ3v) is 3.70. The maximum absolute atomic E-state index is 11.7. The predicted molar refractivity (Wildman–Crippen MR) is 64.7 cm³/mol. The van der Waals surface area contributed by atoms with Crippen LogP contribution in [-0.2, 0) is 14.8 Å². The van der Waals surface area contributed by atoms with Crippen LogP contribution in [0.15, 0.2) is 0 Å². The molecule has 0 aromatic rings. The second kappa shape index (κ2) is 6.42. The second-order valence-electron chi connectivity index (χ2n) is 4.26. The van der Waals surface area contributed by atoms with Crippen molar-refractivity contribution in [2.45, 2.75) is 26.3 Å². The summed E-state index contributed by atoms with van der Waals surface area (Å²) in [5.74, 6) is -0.0469. The summed E-state index contributed by atoms with van der Waals surface area (Å²) in [5.41, 5.74) is 0. The highest BCUT2D eigenvalue weighted by Crippen LogP contribution is 2.08. The quantitative estimate of drug-likeness (QED) is 0.719. The zero-order valence-corrected chi connectivity index (χ0v) is 11.6. The third kappa shape index (κ3) is 5.67. The molecule has 0 heterocycles. The number of likely N-dealkylation sites (N-methyl/N-ethyl adjacent to an activating group) is 1. The standard InChI is InChI=1S/C9H19ClN2O3S/c1-7(2)5-8(9(13)12(3)4)11-16(14,15)6-10/h7-8,11H,5-6H2,1-4H3. The van der Waals surface area contributed by atoms with Crippen LogP contribution < -0.4 is 4.72 Å². The Hall–Kier alpha value is -0.330. The summed E-state index contributed by atoms with van der Waals surface area (Å²) < 4.78 is 24.9. The molecule has 0 saturated heterocycles. The number of alkyl halides is 1. The number of sulfonamides is 1. The van der Waals surface area contributed by atoms with Crippen LogP contribution in [0.25, 0.3) is 0 Å². The molecule has 7 heteroatoms. The van der Waals surface area contributed by atoms with Crippen molar-refractivity contribution in [3.63, 3.8) is 0 Å². The first-order valence-electron chi connectivity index (χ1n) is 4.96. The highest BCUT2D eigenvalue weighted by atomic mass is 35.5. The molecule has 1 atom stereocenters. The normalized spacial score (nSPS) is 13.9. The lowest BCUT2D eigenvalue weighted by Crippen LogP contribution is -2.47. The molecule has 0 aliphatic carbocycles. The van der Waals surface area contributed by atoms with Gasteiger partial charge >= 0.3 is 0 Å². The average Bonchev–Trinajstić information content (AvgIpc) is 2.14. The largest absolute Gasteiger partial charge is 0.347 e. The number of hydrogen-bond donors (Lipinski definition) is 1. The Morgan fingerprint density at radius 1 is 1.38 bits per heavy atom. The van der Waals surface area contributed by atoms with E-state index in [1.165, 1.54) is 4.90 Å². The number of nitrogens with one attached hydrogen (secondary N) is 1. The molecule has 5 nitrogen and oxygen atoms in total. The van der Waals surface area contributed by atoms with Gasteiger partial charge in [-0.2, -0.15) is 0 Å². The van der Waals surface area contributed by atoms with E-state index in [1.807, 2.05) is 13.8 Å². The first kappa shape index (κ1) is 15.7. The van der Waals surface area contributed by atoms with Gasteiger partial charge in [0.2, 0.25) is 15.9 Å². The molecule has 0 bridgehead atoms. The van der Waals surface area contributed by atoms with Crippen LogP contribution in [0.4, 0.5) is 0 Å². The molecule has 1 amide bonds. The number of nitrogens with zero attached hydrogens (tertiary/aromatic N) is 1. The van der Waals surface area contributed by atoms with Gasteiger partial charge in [0.05, 0.1) is 0 Å². The first-order valence-corrected chi connectivity index (χ1v) is 7.15. The van der Waals surface area contributed by atoms with Crippen molar-refractivity contribution < 1.29 is 13.2 Å². The summed E-state index contributed by atoms with van der Waals surface area (Å²) in [5, 5.41) is -0.539. The van der Waals surface area contributed by atoms with Crippen LogP contribution in [0.3, 0.4) is 0 Å². The van der Waals surface area contributed by atoms with Crippen molar-refractivity contribution in [3.8, 4) is 0 Å². The smallest absolute Gasteiger partial charge is 0.240 e. The number of halogens is 1. The maximum Gasteiger partial charge on any atom is 0.240 e. The maximum atomic E-state index is 11.7. The van der Waals surface area contributed by atoms with Crippen molar-refractivity contribution in [1.82, 2.24) is 9.62 Å². The summed E-state index contributed by atoms with van der Waals surface area (Å²) in [6.07, 6.45) is 0.452. The summed E-state index contributed by atoms with van der Waals surface area (Å²) in [6, 6.07) is -0.737. The molecule has 1 N–H and O–H groups in total. The SMILES string of the molecule is CC(C)CC(NS(=O)(=O)CCl)C(=O)N(C)C. The zero-order valence-electron chi connectivity index (χ0n) is 10.0. The topological polar surface area (TPSA) is 66.5 Å². The van der Waals surface area contributed by atoms with E-state index in [4.69, 9.17) is 11.6 Å². The third-order valence-electron chi connectivity index (χ3n) is 1.91. The van der Waals surface area contributed by atoms with Crippen molar-refractivity contribution in [2.24, 2.45) is 5.92 Å². The van der Waals surface area contributed by atoms with E-state index in [1.54, 1.807) is 14.1 Å². The molecule has 0 aliphatic rings. The van der Waals surface area contributed by atoms with E-state index in [0.717, 1.165) is 0 Å². The Morgan fingerprint density at radius 3 is 2.19 bits per heavy atom. The summed E-state index contributed by atoms with van der Waals surface area (Å²) in [4.78, 5) is 13.1. The Balaban J connectivity index is 4.76. The molecule has 0 radical (unpaired) electrons. The lowest BCUT2D eigenvalue weighted by Gasteiger charge is -2.22. The minimum atomic E-state index is -3.57. The Bertz CT molecular complexity index is 328. The lowest BCUT2D eigenvalue weighted by molar-refractivity contribution is -0.130. The zero-order chi connectivity index (χ0) is 12.9. The Morgan fingerprint density at radius 2 is 1.88 bits per heavy atom. The fourth-order valence-corrected chi connectivity index (χ4v) is 2.11. The van der Waals surface area contributed by atoms with E-state index in [-0.39, 0.29) is 11.8 Å². The number of rotatable bonds is 6. The van der Waals surface area contributed by atoms with Crippen molar-refractivity contribution in [3.05, 3.63) is 0 Å². The van der Waals surface area contributed by atoms with Gasteiger partial charge in [-0.15, -0.1) is 11.6 Å². The molecular formula is C9H19ClN2O3S. The van der Waals surface area contributed by atoms with E-state index < -0.39 is 21.3 Å². The molecule has 0 spiro atoms. The van der Waals surface area contributed by atoms with Crippen LogP contribution in [-0.4, -0.2) is 44.6 Å². The monoisotopic (exact) mass is 270 g/mol. The minimum Gasteiger partial charge on any atom is -0.347 e. The van der Waals surface area contributed by atoms with Gasteiger partial charge in [0.1, 0.15) is 11.3 Å². The Labute approximate surface area is 102 Å². The van der Waals surface area contributed by atoms with Crippen LogP contribution >= 0.6 is 11.6 Å². The van der Waals surface area contributed by atoms with Crippen molar-refractivity contribution >= 4 is 27.5 Å². The van der Waals surface area contributed by atoms with E-state index in [2.05, 4.69) is 4.72 Å². The molecule has 0 aliphatic heterocycles. The van der Waals surface area contributed by atoms with Gasteiger partial charge in [-0.3, -0.25) is 4.79 Å². The lowest BCUT2D eigenvalue weighted by atomic mass is 10.0. The first-order chi connectivity index (χ1) is 7.19. The van der Waals surface area contributed by atoms with Crippen molar-refractivity contribution in [1.29, 1.82) is 0 Å². The van der Waals surface area contributed by atoms with Crippen LogP contribution in [0.5, 0.6) is 0 Å². The van der Waals surface area contributed by atoms with E-state index >= 15 is 0 Å². The minimum absolute atomic E-state index is 0.215. The molecule has 0 aromatic carbocycles. The molecular weight excluding hydrogens is 252 g/mol.